The van der Waals surface area contributed by atoms with Crippen molar-refractivity contribution in [2.45, 2.75) is 39.8 Å². The van der Waals surface area contributed by atoms with E-state index >= 15 is 0 Å². The van der Waals surface area contributed by atoms with Crippen LogP contribution in [-0.4, -0.2) is 35.6 Å². The van der Waals surface area contributed by atoms with Crippen molar-refractivity contribution >= 4 is 27.9 Å². The zero-order valence-electron chi connectivity index (χ0n) is 13.5. The van der Waals surface area contributed by atoms with Crippen LogP contribution in [0, 0.1) is 0 Å². The van der Waals surface area contributed by atoms with Gasteiger partial charge in [-0.3, -0.25) is 4.79 Å². The Kier molecular flexibility index (Phi) is 6.87. The van der Waals surface area contributed by atoms with Gasteiger partial charge in [0.25, 0.3) is 0 Å². The summed E-state index contributed by atoms with van der Waals surface area (Å²) >= 11 is 3.41. The lowest BCUT2D eigenvalue weighted by molar-refractivity contribution is -0.130. The van der Waals surface area contributed by atoms with Gasteiger partial charge < -0.3 is 15.0 Å². The quantitative estimate of drug-likeness (QED) is 0.864. The van der Waals surface area contributed by atoms with E-state index in [2.05, 4.69) is 21.2 Å². The molecule has 0 unspecified atom stereocenters. The third-order valence-corrected chi connectivity index (χ3v) is 3.27. The first-order valence-corrected chi connectivity index (χ1v) is 7.99. The van der Waals surface area contributed by atoms with Crippen molar-refractivity contribution in [1.29, 1.82) is 0 Å². The van der Waals surface area contributed by atoms with Gasteiger partial charge >= 0.3 is 6.09 Å². The van der Waals surface area contributed by atoms with Crippen LogP contribution in [0.15, 0.2) is 28.7 Å². The molecule has 22 heavy (non-hydrogen) atoms. The number of rotatable bonds is 5. The van der Waals surface area contributed by atoms with E-state index in [4.69, 9.17) is 4.74 Å². The van der Waals surface area contributed by atoms with Crippen molar-refractivity contribution in [3.05, 3.63) is 34.3 Å². The first-order valence-electron chi connectivity index (χ1n) is 7.20. The number of amides is 2. The molecule has 0 saturated heterocycles. The van der Waals surface area contributed by atoms with Gasteiger partial charge in [-0.2, -0.15) is 0 Å². The highest BCUT2D eigenvalue weighted by Crippen LogP contribution is 2.13. The molecule has 1 N–H and O–H groups in total. The Labute approximate surface area is 140 Å². The van der Waals surface area contributed by atoms with E-state index in [1.54, 1.807) is 25.7 Å². The molecule has 0 bridgehead atoms. The molecule has 0 fully saturated rings. The number of hydrogen-bond acceptors (Lipinski definition) is 3. The first kappa shape index (κ1) is 18.5. The Morgan fingerprint density at radius 3 is 2.55 bits per heavy atom. The Balaban J connectivity index is 2.53. The molecule has 5 nitrogen and oxygen atoms in total. The van der Waals surface area contributed by atoms with E-state index < -0.39 is 11.7 Å². The van der Waals surface area contributed by atoms with E-state index in [9.17, 15) is 9.59 Å². The Morgan fingerprint density at radius 2 is 2.00 bits per heavy atom. The molecule has 1 aromatic carbocycles. The number of carbonyl (C=O) groups excluding carboxylic acids is 2. The molecule has 2 amide bonds. The molecule has 0 aliphatic carbocycles. The second kappa shape index (κ2) is 8.17. The molecular weight excluding hydrogens is 348 g/mol. The summed E-state index contributed by atoms with van der Waals surface area (Å²) in [5.74, 6) is -0.145. The lowest BCUT2D eigenvalue weighted by atomic mass is 10.2. The standard InChI is InChI=1S/C16H23BrN2O3/c1-5-19(11-12-7-6-8-13(17)9-12)14(20)10-18-15(21)22-16(2,3)4/h6-9H,5,10-11H2,1-4H3,(H,18,21). The average Bonchev–Trinajstić information content (AvgIpc) is 2.40. The molecule has 122 valence electrons. The summed E-state index contributed by atoms with van der Waals surface area (Å²) in [5, 5.41) is 2.49. The van der Waals surface area contributed by atoms with E-state index in [1.807, 2.05) is 31.2 Å². The van der Waals surface area contributed by atoms with Crippen LogP contribution < -0.4 is 5.32 Å². The molecule has 0 saturated carbocycles. The van der Waals surface area contributed by atoms with Gasteiger partial charge in [0, 0.05) is 17.6 Å². The smallest absolute Gasteiger partial charge is 0.408 e. The van der Waals surface area contributed by atoms with Gasteiger partial charge in [-0.25, -0.2) is 4.79 Å². The van der Waals surface area contributed by atoms with Crippen molar-refractivity contribution in [3.63, 3.8) is 0 Å². The fourth-order valence-electron chi connectivity index (χ4n) is 1.81. The molecule has 1 aromatic rings. The van der Waals surface area contributed by atoms with Crippen LogP contribution >= 0.6 is 15.9 Å². The molecule has 1 rings (SSSR count). The topological polar surface area (TPSA) is 58.6 Å². The average molecular weight is 371 g/mol. The monoisotopic (exact) mass is 370 g/mol. The van der Waals surface area contributed by atoms with Crippen LogP contribution in [0.4, 0.5) is 4.79 Å². The van der Waals surface area contributed by atoms with Crippen molar-refractivity contribution in [2.75, 3.05) is 13.1 Å². The molecule has 0 aliphatic rings. The van der Waals surface area contributed by atoms with Crippen molar-refractivity contribution in [3.8, 4) is 0 Å². The third-order valence-electron chi connectivity index (χ3n) is 2.78. The maximum Gasteiger partial charge on any atom is 0.408 e. The number of likely N-dealkylation sites (N-methyl/N-ethyl adjacent to an activating group) is 1. The summed E-state index contributed by atoms with van der Waals surface area (Å²) in [6, 6.07) is 7.79. The van der Waals surface area contributed by atoms with Crippen LogP contribution in [0.3, 0.4) is 0 Å². The molecule has 0 atom stereocenters. The molecule has 0 aromatic heterocycles. The number of hydrogen-bond donors (Lipinski definition) is 1. The summed E-state index contributed by atoms with van der Waals surface area (Å²) in [6.45, 7) is 8.24. The fourth-order valence-corrected chi connectivity index (χ4v) is 2.25. The first-order chi connectivity index (χ1) is 10.2. The number of benzene rings is 1. The number of ether oxygens (including phenoxy) is 1. The number of carbonyl (C=O) groups is 2. The molecule has 0 radical (unpaired) electrons. The number of nitrogens with one attached hydrogen (secondary N) is 1. The van der Waals surface area contributed by atoms with E-state index in [1.165, 1.54) is 0 Å². The maximum absolute atomic E-state index is 12.2. The van der Waals surface area contributed by atoms with Crippen LogP contribution in [0.5, 0.6) is 0 Å². The lowest BCUT2D eigenvalue weighted by Crippen LogP contribution is -2.41. The maximum atomic E-state index is 12.2. The van der Waals surface area contributed by atoms with Crippen molar-refractivity contribution in [1.82, 2.24) is 10.2 Å². The fraction of sp³-hybridized carbons (Fsp3) is 0.500. The zero-order valence-corrected chi connectivity index (χ0v) is 15.1. The van der Waals surface area contributed by atoms with Gasteiger partial charge in [0.05, 0.1) is 0 Å². The minimum atomic E-state index is -0.584. The van der Waals surface area contributed by atoms with Crippen LogP contribution in [0.25, 0.3) is 0 Å². The van der Waals surface area contributed by atoms with Gasteiger partial charge in [0.2, 0.25) is 5.91 Å². The van der Waals surface area contributed by atoms with E-state index in [-0.39, 0.29) is 12.5 Å². The van der Waals surface area contributed by atoms with Crippen molar-refractivity contribution in [2.24, 2.45) is 0 Å². The number of halogens is 1. The van der Waals surface area contributed by atoms with Gasteiger partial charge in [0.15, 0.2) is 0 Å². The van der Waals surface area contributed by atoms with Gasteiger partial charge in [-0.05, 0) is 45.4 Å². The molecule has 0 spiro atoms. The molecule has 6 heteroatoms. The second-order valence-corrected chi connectivity index (χ2v) is 6.81. The summed E-state index contributed by atoms with van der Waals surface area (Å²) < 4.78 is 6.08. The Morgan fingerprint density at radius 1 is 1.32 bits per heavy atom. The van der Waals surface area contributed by atoms with E-state index in [0.29, 0.717) is 13.1 Å². The third kappa shape index (κ3) is 6.93. The molecular formula is C16H23BrN2O3. The lowest BCUT2D eigenvalue weighted by Gasteiger charge is -2.23. The number of alkyl carbamates (subject to hydrolysis) is 1. The highest BCUT2D eigenvalue weighted by molar-refractivity contribution is 9.10. The summed E-state index contributed by atoms with van der Waals surface area (Å²) in [6.07, 6.45) is -0.584. The normalized spacial score (nSPS) is 11.0. The van der Waals surface area contributed by atoms with Gasteiger partial charge in [-0.1, -0.05) is 28.1 Å². The predicted molar refractivity (Wildman–Crippen MR) is 89.5 cm³/mol. The Bertz CT molecular complexity index is 526. The number of nitrogens with zero attached hydrogens (tertiary/aromatic N) is 1. The van der Waals surface area contributed by atoms with Gasteiger partial charge in [-0.15, -0.1) is 0 Å². The summed E-state index contributed by atoms with van der Waals surface area (Å²) in [4.78, 5) is 25.4. The Hall–Kier alpha value is -1.56. The van der Waals surface area contributed by atoms with Crippen LogP contribution in [0.1, 0.15) is 33.3 Å². The second-order valence-electron chi connectivity index (χ2n) is 5.89. The summed E-state index contributed by atoms with van der Waals surface area (Å²) in [7, 11) is 0. The van der Waals surface area contributed by atoms with Crippen molar-refractivity contribution < 1.29 is 14.3 Å². The molecule has 0 heterocycles. The van der Waals surface area contributed by atoms with Crippen LogP contribution in [-0.2, 0) is 16.1 Å². The predicted octanol–water partition coefficient (Wildman–Crippen LogP) is 3.32. The highest BCUT2D eigenvalue weighted by Gasteiger charge is 2.18. The minimum Gasteiger partial charge on any atom is -0.444 e. The van der Waals surface area contributed by atoms with Gasteiger partial charge in [0.1, 0.15) is 12.1 Å². The SMILES string of the molecule is CCN(Cc1cccc(Br)c1)C(=O)CNC(=O)OC(C)(C)C. The largest absolute Gasteiger partial charge is 0.444 e. The minimum absolute atomic E-state index is 0.0727. The highest BCUT2D eigenvalue weighted by atomic mass is 79.9. The summed E-state index contributed by atoms with van der Waals surface area (Å²) in [5.41, 5.74) is 0.454. The molecule has 0 aliphatic heterocycles. The van der Waals surface area contributed by atoms with E-state index in [0.717, 1.165) is 10.0 Å². The van der Waals surface area contributed by atoms with Crippen LogP contribution in [0.2, 0.25) is 0 Å². The zero-order chi connectivity index (χ0) is 16.8.